The molecule has 0 aromatic heterocycles. The van der Waals surface area contributed by atoms with E-state index in [2.05, 4.69) is 10.6 Å². The molecule has 180 valence electrons. The van der Waals surface area contributed by atoms with E-state index in [0.717, 1.165) is 42.6 Å². The number of amides is 2. The lowest BCUT2D eigenvalue weighted by Gasteiger charge is -2.34. The summed E-state index contributed by atoms with van der Waals surface area (Å²) in [7, 11) is 0. The Hall–Kier alpha value is -3.51. The van der Waals surface area contributed by atoms with Gasteiger partial charge in [0.15, 0.2) is 0 Å². The van der Waals surface area contributed by atoms with Crippen molar-refractivity contribution >= 4 is 11.8 Å². The first-order valence-corrected chi connectivity index (χ1v) is 12.3. The minimum atomic E-state index is -0.563. The van der Waals surface area contributed by atoms with Crippen molar-refractivity contribution in [2.75, 3.05) is 19.6 Å². The second kappa shape index (κ2) is 10.4. The van der Waals surface area contributed by atoms with Gasteiger partial charge in [-0.25, -0.2) is 4.39 Å². The molecular formula is C29H30FN3O2. The molecule has 3 aromatic carbocycles. The number of nitrogens with one attached hydrogen (secondary N) is 2. The van der Waals surface area contributed by atoms with Gasteiger partial charge in [0.1, 0.15) is 11.9 Å². The van der Waals surface area contributed by atoms with Crippen molar-refractivity contribution in [3.05, 3.63) is 95.8 Å². The predicted molar refractivity (Wildman–Crippen MR) is 134 cm³/mol. The molecule has 2 aliphatic rings. The maximum atomic E-state index is 13.2. The third-order valence-electron chi connectivity index (χ3n) is 6.95. The number of carbonyl (C=O) groups is 2. The van der Waals surface area contributed by atoms with E-state index in [1.165, 1.54) is 12.1 Å². The van der Waals surface area contributed by atoms with Gasteiger partial charge in [-0.3, -0.25) is 9.59 Å². The van der Waals surface area contributed by atoms with E-state index >= 15 is 0 Å². The van der Waals surface area contributed by atoms with Crippen LogP contribution in [0.3, 0.4) is 0 Å². The second-order valence-electron chi connectivity index (χ2n) is 9.39. The molecule has 1 saturated carbocycles. The van der Waals surface area contributed by atoms with Crippen LogP contribution < -0.4 is 10.6 Å². The van der Waals surface area contributed by atoms with E-state index in [-0.39, 0.29) is 17.6 Å². The zero-order valence-corrected chi connectivity index (χ0v) is 19.6. The van der Waals surface area contributed by atoms with Gasteiger partial charge in [0.05, 0.1) is 0 Å². The Bertz CT molecular complexity index is 1160. The van der Waals surface area contributed by atoms with Crippen LogP contribution in [0.1, 0.15) is 41.1 Å². The van der Waals surface area contributed by atoms with Crippen molar-refractivity contribution in [2.45, 2.75) is 37.3 Å². The maximum absolute atomic E-state index is 13.2. The molecule has 0 spiro atoms. The average Bonchev–Trinajstić information content (AvgIpc) is 3.63. The molecule has 1 aliphatic heterocycles. The zero-order chi connectivity index (χ0) is 24.2. The standard InChI is InChI=1S/C29H30FN3O2/c30-24-13-11-22(12-14-24)25-19-27(25)31-16-15-26(29(35)33-17-4-18-33)32-28(34)23-9-7-21(8-10-23)20-5-2-1-3-6-20/h1-3,5-14,25-27,31H,4,15-19H2,(H,32,34)/t25-,26-,27+/m0/s1. The van der Waals surface area contributed by atoms with Crippen molar-refractivity contribution in [3.8, 4) is 11.1 Å². The number of hydrogen-bond acceptors (Lipinski definition) is 3. The summed E-state index contributed by atoms with van der Waals surface area (Å²) in [6.45, 7) is 2.12. The summed E-state index contributed by atoms with van der Waals surface area (Å²) in [6.07, 6.45) is 2.53. The van der Waals surface area contributed by atoms with Crippen LogP contribution >= 0.6 is 0 Å². The Kier molecular flexibility index (Phi) is 6.91. The summed E-state index contributed by atoms with van der Waals surface area (Å²) in [4.78, 5) is 27.8. The Balaban J connectivity index is 1.17. The van der Waals surface area contributed by atoms with Gasteiger partial charge in [-0.2, -0.15) is 0 Å². The third kappa shape index (κ3) is 5.60. The summed E-state index contributed by atoms with van der Waals surface area (Å²) >= 11 is 0. The lowest BCUT2D eigenvalue weighted by molar-refractivity contribution is -0.136. The highest BCUT2D eigenvalue weighted by molar-refractivity contribution is 5.98. The summed E-state index contributed by atoms with van der Waals surface area (Å²) in [5, 5.41) is 6.48. The van der Waals surface area contributed by atoms with Gasteiger partial charge in [-0.1, -0.05) is 54.6 Å². The zero-order valence-electron chi connectivity index (χ0n) is 19.6. The highest BCUT2D eigenvalue weighted by Crippen LogP contribution is 2.40. The normalized spacial score (nSPS) is 19.5. The quantitative estimate of drug-likeness (QED) is 0.488. The first-order valence-electron chi connectivity index (χ1n) is 12.3. The van der Waals surface area contributed by atoms with Crippen LogP contribution in [0.4, 0.5) is 4.39 Å². The van der Waals surface area contributed by atoms with Crippen LogP contribution in [0.25, 0.3) is 11.1 Å². The lowest BCUT2D eigenvalue weighted by atomic mass is 10.0. The van der Waals surface area contributed by atoms with E-state index in [9.17, 15) is 14.0 Å². The molecule has 2 N–H and O–H groups in total. The van der Waals surface area contributed by atoms with Gasteiger partial charge in [0.25, 0.3) is 5.91 Å². The van der Waals surface area contributed by atoms with E-state index in [1.54, 1.807) is 12.1 Å². The predicted octanol–water partition coefficient (Wildman–Crippen LogP) is 4.36. The van der Waals surface area contributed by atoms with Gasteiger partial charge >= 0.3 is 0 Å². The van der Waals surface area contributed by atoms with Crippen LogP contribution in [0.2, 0.25) is 0 Å². The third-order valence-corrected chi connectivity index (χ3v) is 6.95. The Morgan fingerprint density at radius 1 is 0.914 bits per heavy atom. The molecule has 0 bridgehead atoms. The molecule has 0 unspecified atom stereocenters. The largest absolute Gasteiger partial charge is 0.341 e. The SMILES string of the molecule is O=C(N[C@@H](CCN[C@@H]1C[C@H]1c1ccc(F)cc1)C(=O)N1CCC1)c1ccc(-c2ccccc2)cc1. The molecule has 6 heteroatoms. The van der Waals surface area contributed by atoms with Crippen molar-refractivity contribution < 1.29 is 14.0 Å². The van der Waals surface area contributed by atoms with Crippen molar-refractivity contribution in [3.63, 3.8) is 0 Å². The molecule has 2 fully saturated rings. The molecule has 5 nitrogen and oxygen atoms in total. The fraction of sp³-hybridized carbons (Fsp3) is 0.310. The van der Waals surface area contributed by atoms with Crippen LogP contribution in [-0.4, -0.2) is 48.4 Å². The second-order valence-corrected chi connectivity index (χ2v) is 9.39. The molecule has 35 heavy (non-hydrogen) atoms. The van der Waals surface area contributed by atoms with Crippen molar-refractivity contribution in [2.24, 2.45) is 0 Å². The van der Waals surface area contributed by atoms with Gasteiger partial charge in [0.2, 0.25) is 5.91 Å². The van der Waals surface area contributed by atoms with E-state index in [4.69, 9.17) is 0 Å². The minimum absolute atomic E-state index is 0.0156. The van der Waals surface area contributed by atoms with Gasteiger partial charge in [-0.15, -0.1) is 0 Å². The smallest absolute Gasteiger partial charge is 0.251 e. The summed E-state index contributed by atoms with van der Waals surface area (Å²) in [5.74, 6) is -0.105. The van der Waals surface area contributed by atoms with Gasteiger partial charge in [0, 0.05) is 30.6 Å². The Labute approximate surface area is 205 Å². The van der Waals surface area contributed by atoms with Crippen LogP contribution in [0, 0.1) is 5.82 Å². The Morgan fingerprint density at radius 2 is 1.60 bits per heavy atom. The van der Waals surface area contributed by atoms with E-state index in [1.807, 2.05) is 59.5 Å². The molecule has 2 amide bonds. The first-order chi connectivity index (χ1) is 17.1. The molecule has 5 rings (SSSR count). The summed E-state index contributed by atoms with van der Waals surface area (Å²) < 4.78 is 13.2. The number of likely N-dealkylation sites (tertiary alicyclic amines) is 1. The maximum Gasteiger partial charge on any atom is 0.251 e. The molecule has 3 atom stereocenters. The van der Waals surface area contributed by atoms with Gasteiger partial charge < -0.3 is 15.5 Å². The number of benzene rings is 3. The van der Waals surface area contributed by atoms with Crippen molar-refractivity contribution in [1.29, 1.82) is 0 Å². The molecule has 1 saturated heterocycles. The monoisotopic (exact) mass is 471 g/mol. The number of halogens is 1. The summed E-state index contributed by atoms with van der Waals surface area (Å²) in [6, 6.07) is 23.9. The molecule has 0 radical (unpaired) electrons. The number of hydrogen-bond donors (Lipinski definition) is 2. The lowest BCUT2D eigenvalue weighted by Crippen LogP contribution is -2.53. The van der Waals surface area contributed by atoms with Crippen molar-refractivity contribution in [1.82, 2.24) is 15.5 Å². The highest BCUT2D eigenvalue weighted by Gasteiger charge is 2.38. The topological polar surface area (TPSA) is 61.4 Å². The number of nitrogens with zero attached hydrogens (tertiary/aromatic N) is 1. The molecule has 1 aliphatic carbocycles. The Morgan fingerprint density at radius 3 is 2.26 bits per heavy atom. The number of carbonyl (C=O) groups excluding carboxylic acids is 2. The van der Waals surface area contributed by atoms with Gasteiger partial charge in [-0.05, 0) is 66.8 Å². The van der Waals surface area contributed by atoms with Crippen LogP contribution in [-0.2, 0) is 4.79 Å². The van der Waals surface area contributed by atoms with E-state index in [0.29, 0.717) is 30.5 Å². The number of rotatable bonds is 9. The van der Waals surface area contributed by atoms with Crippen LogP contribution in [0.5, 0.6) is 0 Å². The molecular weight excluding hydrogens is 441 g/mol. The fourth-order valence-corrected chi connectivity index (χ4v) is 4.61. The van der Waals surface area contributed by atoms with E-state index < -0.39 is 6.04 Å². The summed E-state index contributed by atoms with van der Waals surface area (Å²) in [5.41, 5.74) is 3.80. The minimum Gasteiger partial charge on any atom is -0.341 e. The van der Waals surface area contributed by atoms with Crippen LogP contribution in [0.15, 0.2) is 78.9 Å². The highest BCUT2D eigenvalue weighted by atomic mass is 19.1. The first kappa shape index (κ1) is 23.2. The fourth-order valence-electron chi connectivity index (χ4n) is 4.61. The molecule has 1 heterocycles. The molecule has 3 aromatic rings. The average molecular weight is 472 g/mol.